The monoisotopic (exact) mass is 331 g/mol. The van der Waals surface area contributed by atoms with Crippen molar-refractivity contribution in [1.82, 2.24) is 10.2 Å². The first-order chi connectivity index (χ1) is 11.1. The van der Waals surface area contributed by atoms with Gasteiger partial charge in [0, 0.05) is 13.1 Å². The molecular weight excluding hydrogens is 310 g/mol. The second kappa shape index (κ2) is 6.66. The number of nitrogens with zero attached hydrogens (tertiary/aromatic N) is 3. The van der Waals surface area contributed by atoms with Gasteiger partial charge in [-0.3, -0.25) is 0 Å². The second-order valence-corrected chi connectivity index (χ2v) is 6.93. The third-order valence-corrected chi connectivity index (χ3v) is 5.42. The van der Waals surface area contributed by atoms with Crippen molar-refractivity contribution in [3.63, 3.8) is 0 Å². The van der Waals surface area contributed by atoms with E-state index in [4.69, 9.17) is 0 Å². The molecule has 5 nitrogen and oxygen atoms in total. The topological polar surface area (TPSA) is 66.3 Å². The molecule has 1 aliphatic rings. The quantitative estimate of drug-likeness (QED) is 0.924. The number of aromatic nitrogens is 2. The van der Waals surface area contributed by atoms with Gasteiger partial charge >= 0.3 is 5.97 Å². The molecule has 0 spiro atoms. The Labute approximate surface area is 140 Å². The molecule has 0 bridgehead atoms. The van der Waals surface area contributed by atoms with E-state index in [9.17, 15) is 9.90 Å². The fourth-order valence-electron chi connectivity index (χ4n) is 3.10. The standard InChI is InChI=1S/C17H21N3O2S/c1-11-7-10-23-15(11)14-12(2)13(17(21)22)16(19-18-14)20-8-5-3-4-6-9-20/h7,10H,3-6,8-9H2,1-2H3,(H,21,22). The largest absolute Gasteiger partial charge is 0.478 e. The molecule has 3 heterocycles. The van der Waals surface area contributed by atoms with E-state index < -0.39 is 5.97 Å². The molecule has 0 amide bonds. The third-order valence-electron chi connectivity index (χ3n) is 4.40. The van der Waals surface area contributed by atoms with Crippen molar-refractivity contribution in [2.45, 2.75) is 39.5 Å². The molecule has 0 unspecified atom stereocenters. The summed E-state index contributed by atoms with van der Waals surface area (Å²) in [6.45, 7) is 5.56. The molecule has 1 aliphatic heterocycles. The molecule has 122 valence electrons. The zero-order chi connectivity index (χ0) is 16.4. The number of thiophene rings is 1. The highest BCUT2D eigenvalue weighted by Crippen LogP contribution is 2.34. The van der Waals surface area contributed by atoms with Gasteiger partial charge < -0.3 is 10.0 Å². The maximum Gasteiger partial charge on any atom is 0.339 e. The first-order valence-electron chi connectivity index (χ1n) is 7.99. The van der Waals surface area contributed by atoms with Crippen molar-refractivity contribution < 1.29 is 9.90 Å². The SMILES string of the molecule is Cc1ccsc1-c1nnc(N2CCCCCC2)c(C(=O)O)c1C. The highest BCUT2D eigenvalue weighted by Gasteiger charge is 2.25. The minimum Gasteiger partial charge on any atom is -0.478 e. The summed E-state index contributed by atoms with van der Waals surface area (Å²) < 4.78 is 0. The van der Waals surface area contributed by atoms with E-state index in [1.807, 2.05) is 25.3 Å². The van der Waals surface area contributed by atoms with Gasteiger partial charge in [-0.2, -0.15) is 0 Å². The van der Waals surface area contributed by atoms with Crippen LogP contribution in [0.3, 0.4) is 0 Å². The van der Waals surface area contributed by atoms with Crippen LogP contribution in [0, 0.1) is 13.8 Å². The Hall–Kier alpha value is -1.95. The van der Waals surface area contributed by atoms with Crippen LogP contribution in [0.1, 0.15) is 47.2 Å². The molecule has 0 aliphatic carbocycles. The number of rotatable bonds is 3. The highest BCUT2D eigenvalue weighted by atomic mass is 32.1. The average Bonchev–Trinajstić information content (AvgIpc) is 2.78. The summed E-state index contributed by atoms with van der Waals surface area (Å²) >= 11 is 1.57. The normalized spacial score (nSPS) is 15.5. The van der Waals surface area contributed by atoms with Crippen LogP contribution >= 0.6 is 11.3 Å². The Morgan fingerprint density at radius 2 is 1.87 bits per heavy atom. The fraction of sp³-hybridized carbons (Fsp3) is 0.471. The summed E-state index contributed by atoms with van der Waals surface area (Å²) in [4.78, 5) is 15.0. The van der Waals surface area contributed by atoms with E-state index >= 15 is 0 Å². The lowest BCUT2D eigenvalue weighted by Gasteiger charge is -2.23. The number of aromatic carboxylic acids is 1. The number of hydrogen-bond acceptors (Lipinski definition) is 5. The van der Waals surface area contributed by atoms with E-state index in [0.717, 1.165) is 36.4 Å². The Kier molecular flexibility index (Phi) is 4.61. The van der Waals surface area contributed by atoms with Crippen LogP contribution in [-0.4, -0.2) is 34.4 Å². The fourth-order valence-corrected chi connectivity index (χ4v) is 4.07. The molecule has 0 radical (unpaired) electrons. The van der Waals surface area contributed by atoms with Crippen LogP contribution in [0.5, 0.6) is 0 Å². The van der Waals surface area contributed by atoms with Gasteiger partial charge in [0.05, 0.1) is 4.88 Å². The van der Waals surface area contributed by atoms with Crippen LogP contribution < -0.4 is 4.90 Å². The number of hydrogen-bond donors (Lipinski definition) is 1. The lowest BCUT2D eigenvalue weighted by molar-refractivity contribution is 0.0696. The van der Waals surface area contributed by atoms with Crippen LogP contribution in [0.2, 0.25) is 0 Å². The van der Waals surface area contributed by atoms with Crippen molar-refractivity contribution in [2.24, 2.45) is 0 Å². The van der Waals surface area contributed by atoms with Gasteiger partial charge in [0.15, 0.2) is 5.82 Å². The minimum absolute atomic E-state index is 0.296. The Morgan fingerprint density at radius 1 is 1.17 bits per heavy atom. The van der Waals surface area contributed by atoms with Gasteiger partial charge in [-0.05, 0) is 49.3 Å². The molecule has 1 fully saturated rings. The molecule has 0 saturated carbocycles. The van der Waals surface area contributed by atoms with E-state index in [1.54, 1.807) is 11.3 Å². The number of carboxylic acid groups (broad SMARTS) is 1. The van der Waals surface area contributed by atoms with Crippen molar-refractivity contribution in [3.8, 4) is 10.6 Å². The summed E-state index contributed by atoms with van der Waals surface area (Å²) in [5.74, 6) is -0.401. The molecule has 2 aromatic rings. The van der Waals surface area contributed by atoms with E-state index in [-0.39, 0.29) is 0 Å². The number of carbonyl (C=O) groups is 1. The Bertz CT molecular complexity index is 719. The first kappa shape index (κ1) is 15.9. The van der Waals surface area contributed by atoms with Crippen LogP contribution in [0.4, 0.5) is 5.82 Å². The van der Waals surface area contributed by atoms with Gasteiger partial charge in [-0.1, -0.05) is 12.8 Å². The number of aryl methyl sites for hydroxylation is 1. The third kappa shape index (κ3) is 3.08. The van der Waals surface area contributed by atoms with Gasteiger partial charge in [0.2, 0.25) is 0 Å². The molecule has 1 N–H and O–H groups in total. The highest BCUT2D eigenvalue weighted by molar-refractivity contribution is 7.13. The summed E-state index contributed by atoms with van der Waals surface area (Å²) in [5.41, 5.74) is 2.79. The molecule has 1 saturated heterocycles. The number of carboxylic acids is 1. The molecule has 0 aromatic carbocycles. The van der Waals surface area contributed by atoms with Crippen molar-refractivity contribution in [2.75, 3.05) is 18.0 Å². The van der Waals surface area contributed by atoms with E-state index in [2.05, 4.69) is 15.1 Å². The van der Waals surface area contributed by atoms with Crippen molar-refractivity contribution in [1.29, 1.82) is 0 Å². The van der Waals surface area contributed by atoms with Crippen LogP contribution in [-0.2, 0) is 0 Å². The Balaban J connectivity index is 2.09. The molecule has 23 heavy (non-hydrogen) atoms. The zero-order valence-corrected chi connectivity index (χ0v) is 14.3. The van der Waals surface area contributed by atoms with Crippen molar-refractivity contribution >= 4 is 23.1 Å². The first-order valence-corrected chi connectivity index (χ1v) is 8.87. The smallest absolute Gasteiger partial charge is 0.339 e. The van der Waals surface area contributed by atoms with Gasteiger partial charge in [0.25, 0.3) is 0 Å². The molecule has 0 atom stereocenters. The summed E-state index contributed by atoms with van der Waals surface area (Å²) in [7, 11) is 0. The van der Waals surface area contributed by atoms with Gasteiger partial charge in [0.1, 0.15) is 11.3 Å². The van der Waals surface area contributed by atoms with Crippen LogP contribution in [0.25, 0.3) is 10.6 Å². The molecule has 6 heteroatoms. The summed E-state index contributed by atoms with van der Waals surface area (Å²) in [6, 6.07) is 2.02. The predicted molar refractivity (Wildman–Crippen MR) is 92.5 cm³/mol. The lowest BCUT2D eigenvalue weighted by Crippen LogP contribution is -2.28. The van der Waals surface area contributed by atoms with E-state index in [1.165, 1.54) is 12.8 Å². The van der Waals surface area contributed by atoms with Gasteiger partial charge in [-0.25, -0.2) is 4.79 Å². The summed E-state index contributed by atoms with van der Waals surface area (Å²) in [6.07, 6.45) is 4.53. The molecular formula is C17H21N3O2S. The average molecular weight is 331 g/mol. The van der Waals surface area contributed by atoms with Crippen LogP contribution in [0.15, 0.2) is 11.4 Å². The molecule has 3 rings (SSSR count). The molecule has 2 aromatic heterocycles. The van der Waals surface area contributed by atoms with E-state index in [0.29, 0.717) is 22.6 Å². The minimum atomic E-state index is -0.924. The van der Waals surface area contributed by atoms with Crippen molar-refractivity contribution in [3.05, 3.63) is 28.1 Å². The Morgan fingerprint density at radius 3 is 2.43 bits per heavy atom. The van der Waals surface area contributed by atoms with Gasteiger partial charge in [-0.15, -0.1) is 21.5 Å². The lowest BCUT2D eigenvalue weighted by atomic mass is 10.1. The predicted octanol–water partition coefficient (Wildman–Crippen LogP) is 3.90. The maximum absolute atomic E-state index is 11.9. The maximum atomic E-state index is 11.9. The summed E-state index contributed by atoms with van der Waals surface area (Å²) in [5, 5.41) is 20.5. The number of anilines is 1. The zero-order valence-electron chi connectivity index (χ0n) is 13.5. The second-order valence-electron chi connectivity index (χ2n) is 6.01.